The van der Waals surface area contributed by atoms with E-state index in [-0.39, 0.29) is 12.5 Å². The molecule has 4 rings (SSSR count). The van der Waals surface area contributed by atoms with E-state index in [0.29, 0.717) is 43.8 Å². The van der Waals surface area contributed by atoms with E-state index in [0.717, 1.165) is 4.88 Å². The van der Waals surface area contributed by atoms with Gasteiger partial charge in [0.2, 0.25) is 5.91 Å². The van der Waals surface area contributed by atoms with Gasteiger partial charge >= 0.3 is 5.76 Å². The highest BCUT2D eigenvalue weighted by Gasteiger charge is 2.24. The monoisotopic (exact) mass is 387 g/mol. The van der Waals surface area contributed by atoms with E-state index in [1.165, 1.54) is 4.57 Å². The molecular formula is C19H21N3O4S. The number of aliphatic hydroxyl groups is 1. The van der Waals surface area contributed by atoms with Gasteiger partial charge in [0.05, 0.1) is 5.52 Å². The van der Waals surface area contributed by atoms with Crippen molar-refractivity contribution >= 4 is 28.3 Å². The lowest BCUT2D eigenvalue weighted by Gasteiger charge is -2.35. The fourth-order valence-corrected chi connectivity index (χ4v) is 4.10. The number of piperazine rings is 1. The van der Waals surface area contributed by atoms with Crippen LogP contribution in [0.15, 0.2) is 51.0 Å². The maximum atomic E-state index is 12.6. The van der Waals surface area contributed by atoms with Crippen LogP contribution in [0, 0.1) is 0 Å². The summed E-state index contributed by atoms with van der Waals surface area (Å²) in [6.07, 6.45) is -0.497. The van der Waals surface area contributed by atoms with E-state index < -0.39 is 11.9 Å². The molecule has 7 nitrogen and oxygen atoms in total. The first-order valence-electron chi connectivity index (χ1n) is 8.92. The van der Waals surface area contributed by atoms with Gasteiger partial charge in [-0.1, -0.05) is 18.2 Å². The minimum Gasteiger partial charge on any atom is -0.408 e. The Hall–Kier alpha value is -2.42. The predicted molar refractivity (Wildman–Crippen MR) is 103 cm³/mol. The molecule has 0 bridgehead atoms. The molecule has 2 aromatic heterocycles. The molecule has 0 aliphatic carbocycles. The molecule has 0 saturated carbocycles. The number of aromatic nitrogens is 1. The third-order valence-electron chi connectivity index (χ3n) is 4.89. The van der Waals surface area contributed by atoms with E-state index in [1.54, 1.807) is 34.4 Å². The van der Waals surface area contributed by atoms with Crippen LogP contribution in [0.3, 0.4) is 0 Å². The molecule has 1 N–H and O–H groups in total. The standard InChI is InChI=1S/C19H21N3O4S/c23-15(17-6-3-11-27-17)12-20-7-9-21(10-8-20)18(24)13-22-14-4-1-2-5-16(14)26-19(22)25/h1-6,11,15,23H,7-10,12-13H2. The van der Waals surface area contributed by atoms with Gasteiger partial charge in [-0.05, 0) is 23.6 Å². The summed E-state index contributed by atoms with van der Waals surface area (Å²) in [6.45, 7) is 3.12. The summed E-state index contributed by atoms with van der Waals surface area (Å²) in [7, 11) is 0. The van der Waals surface area contributed by atoms with Gasteiger partial charge in [0, 0.05) is 37.6 Å². The van der Waals surface area contributed by atoms with Crippen molar-refractivity contribution in [3.05, 3.63) is 57.2 Å². The fourth-order valence-electron chi connectivity index (χ4n) is 3.39. The average molecular weight is 387 g/mol. The summed E-state index contributed by atoms with van der Waals surface area (Å²) >= 11 is 1.55. The number of hydrogen-bond acceptors (Lipinski definition) is 6. The number of rotatable bonds is 5. The largest absolute Gasteiger partial charge is 0.420 e. The summed E-state index contributed by atoms with van der Waals surface area (Å²) in [5.74, 6) is -0.607. The summed E-state index contributed by atoms with van der Waals surface area (Å²) < 4.78 is 6.56. The van der Waals surface area contributed by atoms with Crippen molar-refractivity contribution in [2.45, 2.75) is 12.6 Å². The Kier molecular flexibility index (Phi) is 5.11. The Morgan fingerprint density at radius 2 is 1.93 bits per heavy atom. The van der Waals surface area contributed by atoms with Crippen LogP contribution >= 0.6 is 11.3 Å². The number of carbonyl (C=O) groups is 1. The number of β-amino-alcohol motifs (C(OH)–C–C–N with tert-alkyl or cyclic N) is 1. The van der Waals surface area contributed by atoms with Crippen LogP contribution in [0.4, 0.5) is 0 Å². The van der Waals surface area contributed by atoms with Crippen molar-refractivity contribution in [2.24, 2.45) is 0 Å². The smallest absolute Gasteiger partial charge is 0.408 e. The summed E-state index contributed by atoms with van der Waals surface area (Å²) in [5, 5.41) is 12.2. The van der Waals surface area contributed by atoms with Gasteiger partial charge in [0.15, 0.2) is 5.58 Å². The van der Waals surface area contributed by atoms with Gasteiger partial charge < -0.3 is 14.4 Å². The first-order valence-corrected chi connectivity index (χ1v) is 9.80. The highest BCUT2D eigenvalue weighted by atomic mass is 32.1. The lowest BCUT2D eigenvalue weighted by molar-refractivity contribution is -0.133. The molecule has 1 saturated heterocycles. The first kappa shape index (κ1) is 18.0. The lowest BCUT2D eigenvalue weighted by Crippen LogP contribution is -2.50. The summed E-state index contributed by atoms with van der Waals surface area (Å²) in [4.78, 5) is 29.6. The number of para-hydroxylation sites is 2. The third kappa shape index (κ3) is 3.83. The van der Waals surface area contributed by atoms with Crippen LogP contribution in [-0.4, -0.2) is 58.1 Å². The van der Waals surface area contributed by atoms with Crippen LogP contribution in [-0.2, 0) is 11.3 Å². The van der Waals surface area contributed by atoms with E-state index in [2.05, 4.69) is 4.90 Å². The number of benzene rings is 1. The van der Waals surface area contributed by atoms with Gasteiger partial charge in [-0.2, -0.15) is 0 Å². The fraction of sp³-hybridized carbons (Fsp3) is 0.368. The topological polar surface area (TPSA) is 78.9 Å². The van der Waals surface area contributed by atoms with E-state index in [9.17, 15) is 14.7 Å². The molecule has 27 heavy (non-hydrogen) atoms. The van der Waals surface area contributed by atoms with E-state index in [4.69, 9.17) is 4.42 Å². The Balaban J connectivity index is 1.34. The second kappa shape index (κ2) is 7.67. The molecule has 1 unspecified atom stereocenters. The second-order valence-corrected chi connectivity index (χ2v) is 7.61. The minimum atomic E-state index is -0.512. The third-order valence-corrected chi connectivity index (χ3v) is 5.87. The number of thiophene rings is 1. The van der Waals surface area contributed by atoms with Gasteiger partial charge in [-0.3, -0.25) is 14.3 Å². The molecule has 1 aliphatic rings. The number of hydrogen-bond donors (Lipinski definition) is 1. The van der Waals surface area contributed by atoms with E-state index in [1.807, 2.05) is 23.6 Å². The van der Waals surface area contributed by atoms with Gasteiger partial charge in [0.1, 0.15) is 12.6 Å². The Morgan fingerprint density at radius 1 is 1.15 bits per heavy atom. The molecule has 1 aromatic carbocycles. The molecule has 1 fully saturated rings. The zero-order valence-corrected chi connectivity index (χ0v) is 15.6. The predicted octanol–water partition coefficient (Wildman–Crippen LogP) is 1.53. The molecule has 1 atom stereocenters. The molecule has 0 spiro atoms. The molecule has 1 aliphatic heterocycles. The molecule has 1 amide bonds. The molecule has 3 heterocycles. The maximum absolute atomic E-state index is 12.6. The Bertz CT molecular complexity index is 970. The van der Waals surface area contributed by atoms with Gasteiger partial charge in [-0.15, -0.1) is 11.3 Å². The average Bonchev–Trinajstić information content (AvgIpc) is 3.31. The second-order valence-electron chi connectivity index (χ2n) is 6.63. The van der Waals surface area contributed by atoms with Crippen molar-refractivity contribution in [3.63, 3.8) is 0 Å². The van der Waals surface area contributed by atoms with Crippen LogP contribution in [0.25, 0.3) is 11.1 Å². The van der Waals surface area contributed by atoms with Crippen LogP contribution in [0.5, 0.6) is 0 Å². The normalized spacial score (nSPS) is 16.7. The zero-order chi connectivity index (χ0) is 18.8. The SMILES string of the molecule is O=C(Cn1c(=O)oc2ccccc21)N1CCN(CC(O)c2cccs2)CC1. The molecule has 3 aromatic rings. The highest BCUT2D eigenvalue weighted by Crippen LogP contribution is 2.20. The van der Waals surface area contributed by atoms with Crippen molar-refractivity contribution in [1.29, 1.82) is 0 Å². The highest BCUT2D eigenvalue weighted by molar-refractivity contribution is 7.10. The maximum Gasteiger partial charge on any atom is 0.420 e. The summed E-state index contributed by atoms with van der Waals surface area (Å²) in [6, 6.07) is 11.0. The van der Waals surface area contributed by atoms with Gasteiger partial charge in [-0.25, -0.2) is 4.79 Å². The van der Waals surface area contributed by atoms with E-state index >= 15 is 0 Å². The molecule has 8 heteroatoms. The number of carbonyl (C=O) groups excluding carboxylic acids is 1. The number of oxazole rings is 1. The van der Waals surface area contributed by atoms with Gasteiger partial charge in [0.25, 0.3) is 0 Å². The lowest BCUT2D eigenvalue weighted by atomic mass is 10.2. The molecular weight excluding hydrogens is 366 g/mol. The quantitative estimate of drug-likeness (QED) is 0.718. The minimum absolute atomic E-state index is 0.0202. The Labute approximate surface area is 160 Å². The van der Waals surface area contributed by atoms with Crippen molar-refractivity contribution in [3.8, 4) is 0 Å². The molecule has 0 radical (unpaired) electrons. The summed E-state index contributed by atoms with van der Waals surface area (Å²) in [5.41, 5.74) is 1.12. The zero-order valence-electron chi connectivity index (χ0n) is 14.8. The van der Waals surface area contributed by atoms with Crippen molar-refractivity contribution in [1.82, 2.24) is 14.4 Å². The number of nitrogens with zero attached hydrogens (tertiary/aromatic N) is 3. The van der Waals surface area contributed by atoms with Crippen molar-refractivity contribution in [2.75, 3.05) is 32.7 Å². The molecule has 142 valence electrons. The first-order chi connectivity index (χ1) is 13.1. The van der Waals surface area contributed by atoms with Crippen LogP contribution < -0.4 is 5.76 Å². The Morgan fingerprint density at radius 3 is 2.67 bits per heavy atom. The number of aliphatic hydroxyl groups excluding tert-OH is 1. The van der Waals surface area contributed by atoms with Crippen LogP contribution in [0.2, 0.25) is 0 Å². The van der Waals surface area contributed by atoms with Crippen molar-refractivity contribution < 1.29 is 14.3 Å². The number of amides is 1. The van der Waals surface area contributed by atoms with Crippen LogP contribution in [0.1, 0.15) is 11.0 Å². The number of fused-ring (bicyclic) bond motifs is 1.